The summed E-state index contributed by atoms with van der Waals surface area (Å²) in [5.74, 6) is -1.27. The molecule has 2 aromatic carbocycles. The third kappa shape index (κ3) is 5.89. The predicted molar refractivity (Wildman–Crippen MR) is 143 cm³/mol. The van der Waals surface area contributed by atoms with Gasteiger partial charge in [0.05, 0.1) is 53.9 Å². The number of methoxy groups -OCH3 is 4. The lowest BCUT2D eigenvalue weighted by Crippen LogP contribution is -2.59. The molecule has 4 rings (SSSR count). The molecule has 7 N–H and O–H groups in total. The van der Waals surface area contributed by atoms with Crippen molar-refractivity contribution in [3.8, 4) is 34.5 Å². The molecule has 0 aromatic heterocycles. The minimum absolute atomic E-state index is 0.110. The van der Waals surface area contributed by atoms with Crippen LogP contribution in [0.4, 0.5) is 0 Å². The quantitative estimate of drug-likeness (QED) is 0.182. The van der Waals surface area contributed by atoms with E-state index < -0.39 is 61.4 Å². The highest BCUT2D eigenvalue weighted by Crippen LogP contribution is 2.53. The normalized spacial score (nSPS) is 31.1. The van der Waals surface area contributed by atoms with E-state index in [9.17, 15) is 35.7 Å². The molecule has 0 radical (unpaired) electrons. The lowest BCUT2D eigenvalue weighted by Gasteiger charge is -2.40. The Labute approximate surface area is 242 Å². The number of aliphatic hydroxyl groups excluding tert-OH is 5. The maximum absolute atomic E-state index is 10.6. The minimum Gasteiger partial charge on any atom is -0.502 e. The van der Waals surface area contributed by atoms with Crippen LogP contribution in [0.3, 0.4) is 0 Å². The van der Waals surface area contributed by atoms with Crippen LogP contribution in [-0.2, 0) is 14.2 Å². The van der Waals surface area contributed by atoms with Gasteiger partial charge in [-0.1, -0.05) is 0 Å². The van der Waals surface area contributed by atoms with Crippen molar-refractivity contribution >= 4 is 0 Å². The summed E-state index contributed by atoms with van der Waals surface area (Å²) >= 11 is 0. The highest BCUT2D eigenvalue weighted by molar-refractivity contribution is 5.55. The van der Waals surface area contributed by atoms with Gasteiger partial charge in [0.1, 0.15) is 24.4 Å². The van der Waals surface area contributed by atoms with E-state index >= 15 is 0 Å². The molecule has 0 spiro atoms. The Morgan fingerprint density at radius 2 is 1.07 bits per heavy atom. The van der Waals surface area contributed by atoms with Crippen molar-refractivity contribution in [1.82, 2.24) is 0 Å². The molecule has 9 atom stereocenters. The first-order chi connectivity index (χ1) is 20.1. The van der Waals surface area contributed by atoms with E-state index in [1.807, 2.05) is 0 Å². The summed E-state index contributed by atoms with van der Waals surface area (Å²) < 4.78 is 39.2. The van der Waals surface area contributed by atoms with E-state index in [4.69, 9.17) is 33.2 Å². The van der Waals surface area contributed by atoms with Gasteiger partial charge < -0.3 is 68.9 Å². The van der Waals surface area contributed by atoms with E-state index in [0.717, 1.165) is 0 Å². The monoisotopic (exact) mass is 598 g/mol. The smallest absolute Gasteiger partial charge is 0.200 e. The van der Waals surface area contributed by atoms with Gasteiger partial charge in [0.25, 0.3) is 0 Å². The molecule has 2 aliphatic heterocycles. The van der Waals surface area contributed by atoms with Crippen molar-refractivity contribution < 1.29 is 68.9 Å². The standard InChI is InChI=1S/C28H38O14/c1-36-16-5-12(6-17(37-2)21(16)31)26-14(9-29)15(11-40-28-25(35)24(34)23(33)20(10-30)41-28)27(42-26)13-7-18(38-3)22(32)19(8-13)39-4/h5-8,14-15,20,23-35H,9-11H2,1-4H3/t14-,15-,20-,23-,24+,25-,26-,27-,28-/m1/s1. The van der Waals surface area contributed by atoms with Crippen LogP contribution in [0, 0.1) is 11.8 Å². The summed E-state index contributed by atoms with van der Waals surface area (Å²) in [6.07, 6.45) is -9.03. The van der Waals surface area contributed by atoms with E-state index in [1.54, 1.807) is 24.3 Å². The van der Waals surface area contributed by atoms with Crippen LogP contribution < -0.4 is 18.9 Å². The number of phenolic OH excluding ortho intramolecular Hbond substituents is 2. The van der Waals surface area contributed by atoms with E-state index in [0.29, 0.717) is 11.1 Å². The molecule has 0 unspecified atom stereocenters. The highest BCUT2D eigenvalue weighted by Gasteiger charge is 2.49. The summed E-state index contributed by atoms with van der Waals surface area (Å²) in [4.78, 5) is 0. The first kappa shape index (κ1) is 31.8. The Kier molecular flexibility index (Phi) is 10.2. The number of hydrogen-bond donors (Lipinski definition) is 7. The molecule has 2 aromatic rings. The molecule has 42 heavy (non-hydrogen) atoms. The van der Waals surface area contributed by atoms with E-state index in [1.165, 1.54) is 28.4 Å². The van der Waals surface area contributed by atoms with Gasteiger partial charge in [0.15, 0.2) is 29.3 Å². The molecule has 2 heterocycles. The molecule has 0 amide bonds. The second kappa shape index (κ2) is 13.5. The van der Waals surface area contributed by atoms with Crippen LogP contribution in [0.15, 0.2) is 24.3 Å². The molecule has 14 heteroatoms. The lowest BCUT2D eigenvalue weighted by molar-refractivity contribution is -0.304. The second-order valence-electron chi connectivity index (χ2n) is 10.1. The highest BCUT2D eigenvalue weighted by atomic mass is 16.7. The fourth-order valence-electron chi connectivity index (χ4n) is 5.47. The zero-order valence-corrected chi connectivity index (χ0v) is 23.6. The summed E-state index contributed by atoms with van der Waals surface area (Å²) in [5, 5.41) is 71.9. The first-order valence-corrected chi connectivity index (χ1v) is 13.2. The molecule has 0 aliphatic carbocycles. The maximum Gasteiger partial charge on any atom is 0.200 e. The summed E-state index contributed by atoms with van der Waals surface area (Å²) in [5.41, 5.74) is 1.01. The maximum atomic E-state index is 10.6. The van der Waals surface area contributed by atoms with Crippen molar-refractivity contribution in [2.45, 2.75) is 42.9 Å². The van der Waals surface area contributed by atoms with Gasteiger partial charge in [-0.15, -0.1) is 0 Å². The van der Waals surface area contributed by atoms with Crippen LogP contribution in [0.25, 0.3) is 0 Å². The van der Waals surface area contributed by atoms with Crippen LogP contribution >= 0.6 is 0 Å². The Hall–Kier alpha value is -3.08. The summed E-state index contributed by atoms with van der Waals surface area (Å²) in [6.45, 7) is -1.20. The molecular weight excluding hydrogens is 560 g/mol. The zero-order chi connectivity index (χ0) is 30.7. The first-order valence-electron chi connectivity index (χ1n) is 13.2. The molecule has 234 valence electrons. The van der Waals surface area contributed by atoms with E-state index in [2.05, 4.69) is 0 Å². The largest absolute Gasteiger partial charge is 0.502 e. The van der Waals surface area contributed by atoms with Gasteiger partial charge in [-0.25, -0.2) is 0 Å². The van der Waals surface area contributed by atoms with Gasteiger partial charge in [-0.05, 0) is 35.4 Å². The predicted octanol–water partition coefficient (Wildman–Crippen LogP) is -0.0140. The average molecular weight is 599 g/mol. The number of benzene rings is 2. The topological polar surface area (TPSA) is 206 Å². The van der Waals surface area contributed by atoms with Crippen molar-refractivity contribution in [3.63, 3.8) is 0 Å². The fourth-order valence-corrected chi connectivity index (χ4v) is 5.47. The van der Waals surface area contributed by atoms with Gasteiger partial charge >= 0.3 is 0 Å². The van der Waals surface area contributed by atoms with Gasteiger partial charge in [0, 0.05) is 18.4 Å². The molecule has 2 saturated heterocycles. The number of rotatable bonds is 11. The average Bonchev–Trinajstić information content (AvgIpc) is 3.38. The Bertz CT molecular complexity index is 1160. The van der Waals surface area contributed by atoms with Crippen molar-refractivity contribution in [1.29, 1.82) is 0 Å². The van der Waals surface area contributed by atoms with Gasteiger partial charge in [-0.2, -0.15) is 0 Å². The minimum atomic E-state index is -1.64. The van der Waals surface area contributed by atoms with Crippen LogP contribution in [0.5, 0.6) is 34.5 Å². The fraction of sp³-hybridized carbons (Fsp3) is 0.571. The molecular formula is C28H38O14. The molecule has 0 saturated carbocycles. The molecule has 14 nitrogen and oxygen atoms in total. The third-order valence-corrected chi connectivity index (χ3v) is 7.79. The van der Waals surface area contributed by atoms with Crippen molar-refractivity contribution in [2.24, 2.45) is 11.8 Å². The van der Waals surface area contributed by atoms with Crippen molar-refractivity contribution in [3.05, 3.63) is 35.4 Å². The Balaban J connectivity index is 1.74. The van der Waals surface area contributed by atoms with Crippen LogP contribution in [0.2, 0.25) is 0 Å². The molecule has 2 fully saturated rings. The Morgan fingerprint density at radius 3 is 1.48 bits per heavy atom. The number of ether oxygens (including phenoxy) is 7. The van der Waals surface area contributed by atoms with Crippen molar-refractivity contribution in [2.75, 3.05) is 48.3 Å². The SMILES string of the molecule is COc1cc([C@H]2O[C@H](c3cc(OC)c(O)c(OC)c3)[C@H](CO[C@@H]3O[C@H](CO)[C@@H](O)[C@H](O)[C@H]3O)[C@H]2CO)cc(OC)c1O. The van der Waals surface area contributed by atoms with Crippen LogP contribution in [-0.4, -0.2) is 115 Å². The number of phenols is 2. The Morgan fingerprint density at radius 1 is 0.619 bits per heavy atom. The summed E-state index contributed by atoms with van der Waals surface area (Å²) in [7, 11) is 5.52. The van der Waals surface area contributed by atoms with E-state index in [-0.39, 0.29) is 47.7 Å². The molecule has 0 bridgehead atoms. The number of aromatic hydroxyl groups is 2. The number of aliphatic hydroxyl groups is 5. The second-order valence-corrected chi connectivity index (χ2v) is 10.1. The zero-order valence-electron chi connectivity index (χ0n) is 23.6. The lowest BCUT2D eigenvalue weighted by atomic mass is 9.83. The van der Waals surface area contributed by atoms with Crippen LogP contribution in [0.1, 0.15) is 23.3 Å². The third-order valence-electron chi connectivity index (χ3n) is 7.79. The summed E-state index contributed by atoms with van der Waals surface area (Å²) in [6, 6.07) is 6.22. The molecule has 2 aliphatic rings. The number of hydrogen-bond acceptors (Lipinski definition) is 14. The van der Waals surface area contributed by atoms with Gasteiger partial charge in [0.2, 0.25) is 11.5 Å². The van der Waals surface area contributed by atoms with Gasteiger partial charge in [-0.3, -0.25) is 0 Å².